The fourth-order valence-corrected chi connectivity index (χ4v) is 2.45. The highest BCUT2D eigenvalue weighted by atomic mass is 19.4. The Kier molecular flexibility index (Phi) is 3.32. The molecule has 2 aromatic heterocycles. The Morgan fingerprint density at radius 3 is 2.22 bits per heavy atom. The van der Waals surface area contributed by atoms with Crippen LogP contribution in [-0.4, -0.2) is 32.9 Å². The zero-order valence-corrected chi connectivity index (χ0v) is 13.5. The van der Waals surface area contributed by atoms with Crippen LogP contribution in [0.2, 0.25) is 0 Å². The van der Waals surface area contributed by atoms with Gasteiger partial charge in [0.2, 0.25) is 5.82 Å². The van der Waals surface area contributed by atoms with Gasteiger partial charge in [-0.1, -0.05) is 0 Å². The molecule has 2 aromatic rings. The Hall–Kier alpha value is -1.61. The molecule has 0 spiro atoms. The minimum Gasteiger partial charge on any atom is -0.399 e. The van der Waals surface area contributed by atoms with Crippen LogP contribution in [0.4, 0.5) is 13.2 Å². The summed E-state index contributed by atoms with van der Waals surface area (Å²) in [6.07, 6.45) is -3.06. The van der Waals surface area contributed by atoms with Crippen molar-refractivity contribution in [3.63, 3.8) is 0 Å². The van der Waals surface area contributed by atoms with Crippen LogP contribution in [0.5, 0.6) is 0 Å². The minimum atomic E-state index is -4.53. The number of hydrogen-bond donors (Lipinski definition) is 0. The van der Waals surface area contributed by atoms with Crippen molar-refractivity contribution in [2.24, 2.45) is 7.05 Å². The van der Waals surface area contributed by atoms with Gasteiger partial charge in [-0.25, -0.2) is 9.97 Å². The molecular weight excluding hydrogens is 310 g/mol. The molecule has 1 aliphatic rings. The molecular formula is C14H17BF3N3O2. The van der Waals surface area contributed by atoms with Crippen LogP contribution in [-0.2, 0) is 22.5 Å². The highest BCUT2D eigenvalue weighted by Gasteiger charge is 2.52. The summed E-state index contributed by atoms with van der Waals surface area (Å²) in [7, 11) is 0.604. The number of hydrogen-bond acceptors (Lipinski definition) is 4. The van der Waals surface area contributed by atoms with Crippen molar-refractivity contribution in [2.45, 2.75) is 45.1 Å². The first-order valence-electron chi connectivity index (χ1n) is 7.17. The number of alkyl halides is 3. The van der Waals surface area contributed by atoms with Crippen molar-refractivity contribution in [1.82, 2.24) is 14.5 Å². The maximum atomic E-state index is 12.9. The van der Waals surface area contributed by atoms with Crippen LogP contribution in [0.1, 0.15) is 33.5 Å². The molecule has 0 bridgehead atoms. The maximum absolute atomic E-state index is 12.9. The molecule has 1 fully saturated rings. The average Bonchev–Trinajstić information content (AvgIpc) is 2.84. The van der Waals surface area contributed by atoms with Crippen LogP contribution in [0.15, 0.2) is 12.3 Å². The predicted octanol–water partition coefficient (Wildman–Crippen LogP) is 2.29. The van der Waals surface area contributed by atoms with E-state index in [0.29, 0.717) is 5.46 Å². The summed E-state index contributed by atoms with van der Waals surface area (Å²) in [6.45, 7) is 7.62. The van der Waals surface area contributed by atoms with E-state index in [2.05, 4.69) is 9.97 Å². The molecule has 9 heteroatoms. The number of halogens is 3. The quantitative estimate of drug-likeness (QED) is 0.754. The van der Waals surface area contributed by atoms with E-state index in [4.69, 9.17) is 9.31 Å². The number of imidazole rings is 1. The largest absolute Gasteiger partial charge is 0.496 e. The first kappa shape index (κ1) is 16.3. The molecule has 5 nitrogen and oxygen atoms in total. The van der Waals surface area contributed by atoms with E-state index < -0.39 is 30.3 Å². The average molecular weight is 327 g/mol. The zero-order chi connectivity index (χ0) is 17.2. The summed E-state index contributed by atoms with van der Waals surface area (Å²) in [5.74, 6) is -0.980. The third-order valence-corrected chi connectivity index (χ3v) is 4.51. The molecule has 1 aliphatic heterocycles. The van der Waals surface area contributed by atoms with Crippen LogP contribution in [0.25, 0.3) is 11.2 Å². The predicted molar refractivity (Wildman–Crippen MR) is 79.2 cm³/mol. The number of pyridine rings is 1. The molecule has 0 aromatic carbocycles. The van der Waals surface area contributed by atoms with Gasteiger partial charge in [-0.05, 0) is 33.8 Å². The maximum Gasteiger partial charge on any atom is 0.496 e. The Balaban J connectivity index is 2.02. The lowest BCUT2D eigenvalue weighted by Crippen LogP contribution is -2.41. The Labute approximate surface area is 132 Å². The van der Waals surface area contributed by atoms with E-state index >= 15 is 0 Å². The second-order valence-electron chi connectivity index (χ2n) is 6.69. The number of nitrogens with zero attached hydrogens (tertiary/aromatic N) is 3. The van der Waals surface area contributed by atoms with Gasteiger partial charge in [0.25, 0.3) is 0 Å². The molecule has 0 atom stereocenters. The van der Waals surface area contributed by atoms with Crippen LogP contribution < -0.4 is 5.46 Å². The lowest BCUT2D eigenvalue weighted by Gasteiger charge is -2.32. The third-order valence-electron chi connectivity index (χ3n) is 4.51. The van der Waals surface area contributed by atoms with Gasteiger partial charge in [0, 0.05) is 18.7 Å². The van der Waals surface area contributed by atoms with Crippen molar-refractivity contribution in [3.05, 3.63) is 18.1 Å². The van der Waals surface area contributed by atoms with Gasteiger partial charge >= 0.3 is 13.3 Å². The van der Waals surface area contributed by atoms with Crippen molar-refractivity contribution < 1.29 is 22.5 Å². The molecule has 0 aliphatic carbocycles. The lowest BCUT2D eigenvalue weighted by atomic mass is 9.80. The van der Waals surface area contributed by atoms with E-state index in [1.54, 1.807) is 0 Å². The molecule has 0 radical (unpaired) electrons. The summed E-state index contributed by atoms with van der Waals surface area (Å²) in [4.78, 5) is 7.75. The highest BCUT2D eigenvalue weighted by molar-refractivity contribution is 6.62. The Bertz CT molecular complexity index is 754. The molecule has 124 valence electrons. The summed E-state index contributed by atoms with van der Waals surface area (Å²) < 4.78 is 51.5. The van der Waals surface area contributed by atoms with E-state index in [0.717, 1.165) is 4.57 Å². The smallest absolute Gasteiger partial charge is 0.399 e. The molecule has 3 heterocycles. The number of aryl methyl sites for hydroxylation is 1. The fraction of sp³-hybridized carbons (Fsp3) is 0.571. The summed E-state index contributed by atoms with van der Waals surface area (Å²) in [5, 5.41) is 0. The van der Waals surface area contributed by atoms with E-state index in [-0.39, 0.29) is 11.2 Å². The zero-order valence-electron chi connectivity index (χ0n) is 13.5. The van der Waals surface area contributed by atoms with E-state index in [9.17, 15) is 13.2 Å². The molecule has 3 rings (SSSR count). The second-order valence-corrected chi connectivity index (χ2v) is 6.69. The molecule has 0 unspecified atom stereocenters. The third kappa shape index (κ3) is 2.51. The first-order valence-corrected chi connectivity index (χ1v) is 7.17. The molecule has 0 saturated carbocycles. The van der Waals surface area contributed by atoms with Crippen molar-refractivity contribution in [3.8, 4) is 0 Å². The second kappa shape index (κ2) is 4.70. The summed E-state index contributed by atoms with van der Waals surface area (Å²) in [5.41, 5.74) is -0.200. The SMILES string of the molecule is Cn1c(C(F)(F)F)nc2cc(B3OC(C)(C)C(C)(C)O3)cnc21. The van der Waals surface area contributed by atoms with Gasteiger partial charge in [-0.15, -0.1) is 0 Å². The van der Waals surface area contributed by atoms with Crippen molar-refractivity contribution >= 4 is 23.7 Å². The topological polar surface area (TPSA) is 49.2 Å². The minimum absolute atomic E-state index is 0.159. The number of fused-ring (bicyclic) bond motifs is 1. The van der Waals surface area contributed by atoms with Gasteiger partial charge < -0.3 is 13.9 Å². The summed E-state index contributed by atoms with van der Waals surface area (Å²) in [6, 6.07) is 1.53. The number of aromatic nitrogens is 3. The van der Waals surface area contributed by atoms with Crippen LogP contribution >= 0.6 is 0 Å². The molecule has 0 N–H and O–H groups in total. The monoisotopic (exact) mass is 327 g/mol. The molecule has 1 saturated heterocycles. The highest BCUT2D eigenvalue weighted by Crippen LogP contribution is 2.36. The van der Waals surface area contributed by atoms with Gasteiger partial charge in [-0.3, -0.25) is 0 Å². The van der Waals surface area contributed by atoms with Gasteiger partial charge in [0.05, 0.1) is 11.2 Å². The summed E-state index contributed by atoms with van der Waals surface area (Å²) >= 11 is 0. The van der Waals surface area contributed by atoms with E-state index in [1.807, 2.05) is 27.7 Å². The number of rotatable bonds is 1. The van der Waals surface area contributed by atoms with Crippen LogP contribution in [0.3, 0.4) is 0 Å². The Morgan fingerprint density at radius 2 is 1.70 bits per heavy atom. The fourth-order valence-electron chi connectivity index (χ4n) is 2.45. The van der Waals surface area contributed by atoms with Crippen molar-refractivity contribution in [1.29, 1.82) is 0 Å². The van der Waals surface area contributed by atoms with Crippen LogP contribution in [0, 0.1) is 0 Å². The van der Waals surface area contributed by atoms with E-state index in [1.165, 1.54) is 19.3 Å². The van der Waals surface area contributed by atoms with Gasteiger partial charge in [-0.2, -0.15) is 13.2 Å². The normalized spacial score (nSPS) is 20.4. The molecule has 23 heavy (non-hydrogen) atoms. The lowest BCUT2D eigenvalue weighted by molar-refractivity contribution is -0.146. The first-order chi connectivity index (χ1) is 10.4. The van der Waals surface area contributed by atoms with Crippen molar-refractivity contribution in [2.75, 3.05) is 0 Å². The van der Waals surface area contributed by atoms with Gasteiger partial charge in [0.15, 0.2) is 5.65 Å². The van der Waals surface area contributed by atoms with Gasteiger partial charge in [0.1, 0.15) is 5.52 Å². The Morgan fingerprint density at radius 1 is 1.13 bits per heavy atom. The molecule has 0 amide bonds. The standard InChI is InChI=1S/C14H17BF3N3O2/c1-12(2)13(3,4)23-15(22-12)8-6-9-10(19-7-8)21(5)11(20-9)14(16,17)18/h6-7H,1-5H3.